The summed E-state index contributed by atoms with van der Waals surface area (Å²) in [5, 5.41) is 12.3. The summed E-state index contributed by atoms with van der Waals surface area (Å²) in [5.41, 5.74) is 0. The van der Waals surface area contributed by atoms with Crippen molar-refractivity contribution in [3.8, 4) is 5.75 Å². The molecule has 82 valence electrons. The van der Waals surface area contributed by atoms with Gasteiger partial charge in [0.25, 0.3) is 0 Å². The maximum absolute atomic E-state index is 10.3. The third-order valence-corrected chi connectivity index (χ3v) is 2.31. The number of aliphatic carboxylic acids is 1. The topological polar surface area (TPSA) is 49.4 Å². The number of hydrogen-bond donors (Lipinski definition) is 0. The number of rotatable bonds is 4. The summed E-state index contributed by atoms with van der Waals surface area (Å²) in [5.74, 6) is -0.389. The predicted molar refractivity (Wildman–Crippen MR) is 59.1 cm³/mol. The average Bonchev–Trinajstić information content (AvgIpc) is 2.29. The monoisotopic (exact) mass is 238 g/mol. The van der Waals surface area contributed by atoms with Crippen molar-refractivity contribution in [2.75, 3.05) is 6.61 Å². The molecular weight excluding hydrogens is 227 g/mol. The smallest absolute Gasteiger partial charge is 0.550 e. The largest absolute Gasteiger partial charge is 1.00 e. The van der Waals surface area contributed by atoms with E-state index in [9.17, 15) is 9.90 Å². The van der Waals surface area contributed by atoms with Gasteiger partial charge in [0, 0.05) is 17.8 Å². The van der Waals surface area contributed by atoms with Crippen molar-refractivity contribution in [3.05, 3.63) is 42.5 Å². The summed E-state index contributed by atoms with van der Waals surface area (Å²) in [6.45, 7) is 0.135. The number of carbonyl (C=O) groups excluding carboxylic acids is 1. The van der Waals surface area contributed by atoms with E-state index in [2.05, 4.69) is 0 Å². The molecule has 2 aromatic carbocycles. The van der Waals surface area contributed by atoms with Crippen LogP contribution in [0.25, 0.3) is 10.8 Å². The van der Waals surface area contributed by atoms with E-state index in [0.29, 0.717) is 5.75 Å². The molecular formula is C13H11NaO3. The molecule has 0 spiro atoms. The molecule has 4 heteroatoms. The zero-order chi connectivity index (χ0) is 11.4. The molecule has 0 saturated carbocycles. The van der Waals surface area contributed by atoms with Gasteiger partial charge in [0.2, 0.25) is 0 Å². The Balaban J connectivity index is 0.00000144. The van der Waals surface area contributed by atoms with Gasteiger partial charge in [0.05, 0.1) is 6.61 Å². The van der Waals surface area contributed by atoms with Crippen LogP contribution >= 0.6 is 0 Å². The zero-order valence-electron chi connectivity index (χ0n) is 9.68. The van der Waals surface area contributed by atoms with Crippen molar-refractivity contribution in [1.82, 2.24) is 0 Å². The summed E-state index contributed by atoms with van der Waals surface area (Å²) in [4.78, 5) is 10.3. The van der Waals surface area contributed by atoms with Gasteiger partial charge in [-0.1, -0.05) is 36.4 Å². The van der Waals surface area contributed by atoms with Crippen LogP contribution in [0.3, 0.4) is 0 Å². The van der Waals surface area contributed by atoms with Crippen molar-refractivity contribution in [3.63, 3.8) is 0 Å². The summed E-state index contributed by atoms with van der Waals surface area (Å²) < 4.78 is 5.41. The van der Waals surface area contributed by atoms with Crippen LogP contribution in [0.5, 0.6) is 5.75 Å². The zero-order valence-corrected chi connectivity index (χ0v) is 11.7. The van der Waals surface area contributed by atoms with Crippen molar-refractivity contribution in [2.24, 2.45) is 0 Å². The number of hydrogen-bond acceptors (Lipinski definition) is 3. The number of carboxylic acid groups (broad SMARTS) is 1. The Labute approximate surface area is 122 Å². The molecule has 0 aliphatic carbocycles. The van der Waals surface area contributed by atoms with Gasteiger partial charge in [-0.2, -0.15) is 0 Å². The fraction of sp³-hybridized carbons (Fsp3) is 0.154. The molecule has 2 aromatic rings. The molecule has 0 amide bonds. The molecule has 0 fully saturated rings. The van der Waals surface area contributed by atoms with Gasteiger partial charge in [0.15, 0.2) is 0 Å². The van der Waals surface area contributed by atoms with E-state index in [1.165, 1.54) is 0 Å². The first kappa shape index (κ1) is 14.0. The number of fused-ring (bicyclic) bond motifs is 1. The van der Waals surface area contributed by atoms with Crippen molar-refractivity contribution in [2.45, 2.75) is 6.42 Å². The van der Waals surface area contributed by atoms with Crippen molar-refractivity contribution >= 4 is 16.7 Å². The molecule has 0 bridgehead atoms. The maximum atomic E-state index is 10.3. The van der Waals surface area contributed by atoms with Crippen LogP contribution in [0.2, 0.25) is 0 Å². The molecule has 0 heterocycles. The molecule has 0 saturated heterocycles. The Morgan fingerprint density at radius 3 is 2.59 bits per heavy atom. The second kappa shape index (κ2) is 6.64. The number of ether oxygens (including phenoxy) is 1. The van der Waals surface area contributed by atoms with Crippen LogP contribution in [0, 0.1) is 0 Å². The molecule has 0 radical (unpaired) electrons. The van der Waals surface area contributed by atoms with Crippen LogP contribution in [0.1, 0.15) is 6.42 Å². The fourth-order valence-electron chi connectivity index (χ4n) is 1.57. The minimum absolute atomic E-state index is 0. The molecule has 0 aliphatic rings. The summed E-state index contributed by atoms with van der Waals surface area (Å²) in [6.07, 6.45) is -0.0940. The third kappa shape index (κ3) is 3.73. The van der Waals surface area contributed by atoms with Gasteiger partial charge >= 0.3 is 29.6 Å². The van der Waals surface area contributed by atoms with Crippen LogP contribution in [0.15, 0.2) is 42.5 Å². The first-order valence-corrected chi connectivity index (χ1v) is 5.08. The number of carboxylic acids is 1. The van der Waals surface area contributed by atoms with E-state index in [0.717, 1.165) is 10.8 Å². The normalized spacial score (nSPS) is 9.65. The second-order valence-electron chi connectivity index (χ2n) is 3.45. The molecule has 2 rings (SSSR count). The summed E-state index contributed by atoms with van der Waals surface area (Å²) in [7, 11) is 0. The molecule has 0 unspecified atom stereocenters. The van der Waals surface area contributed by atoms with Gasteiger partial charge in [-0.15, -0.1) is 0 Å². The summed E-state index contributed by atoms with van der Waals surface area (Å²) >= 11 is 0. The molecule has 0 atom stereocenters. The van der Waals surface area contributed by atoms with Gasteiger partial charge in [-0.3, -0.25) is 0 Å². The van der Waals surface area contributed by atoms with E-state index in [4.69, 9.17) is 4.74 Å². The van der Waals surface area contributed by atoms with Gasteiger partial charge in [0.1, 0.15) is 5.75 Å². The Morgan fingerprint density at radius 2 is 1.82 bits per heavy atom. The molecule has 3 nitrogen and oxygen atoms in total. The van der Waals surface area contributed by atoms with E-state index in [-0.39, 0.29) is 42.6 Å². The van der Waals surface area contributed by atoms with Crippen LogP contribution in [0.4, 0.5) is 0 Å². The first-order chi connectivity index (χ1) is 7.77. The van der Waals surface area contributed by atoms with E-state index in [1.54, 1.807) is 0 Å². The quantitative estimate of drug-likeness (QED) is 0.600. The third-order valence-electron chi connectivity index (χ3n) is 2.31. The van der Waals surface area contributed by atoms with Gasteiger partial charge < -0.3 is 14.6 Å². The maximum Gasteiger partial charge on any atom is 1.00 e. The van der Waals surface area contributed by atoms with E-state index < -0.39 is 5.97 Å². The van der Waals surface area contributed by atoms with Crippen molar-refractivity contribution in [1.29, 1.82) is 0 Å². The van der Waals surface area contributed by atoms with Crippen LogP contribution in [-0.2, 0) is 4.79 Å². The van der Waals surface area contributed by atoms with Crippen LogP contribution < -0.4 is 39.4 Å². The standard InChI is InChI=1S/C13H12O3.Na/c14-13(15)8-9-16-12-7-3-5-10-4-1-2-6-11(10)12;/h1-7H,8-9H2,(H,14,15);/q;+1/p-1. The SMILES string of the molecule is O=C([O-])CCOc1cccc2ccccc12.[Na+]. The fourth-order valence-corrected chi connectivity index (χ4v) is 1.57. The van der Waals surface area contributed by atoms with Crippen molar-refractivity contribution < 1.29 is 44.2 Å². The Bertz CT molecular complexity index is 505. The van der Waals surface area contributed by atoms with Crippen LogP contribution in [-0.4, -0.2) is 12.6 Å². The first-order valence-electron chi connectivity index (χ1n) is 5.08. The van der Waals surface area contributed by atoms with Gasteiger partial charge in [-0.05, 0) is 11.5 Å². The number of benzene rings is 2. The van der Waals surface area contributed by atoms with Gasteiger partial charge in [-0.25, -0.2) is 0 Å². The number of carbonyl (C=O) groups is 1. The average molecular weight is 238 g/mol. The Kier molecular flexibility index (Phi) is 5.48. The second-order valence-corrected chi connectivity index (χ2v) is 3.45. The van der Waals surface area contributed by atoms with E-state index in [1.807, 2.05) is 42.5 Å². The molecule has 0 aromatic heterocycles. The molecule has 0 aliphatic heterocycles. The minimum atomic E-state index is -1.10. The Morgan fingerprint density at radius 1 is 1.12 bits per heavy atom. The molecule has 0 N–H and O–H groups in total. The summed E-state index contributed by atoms with van der Waals surface area (Å²) in [6, 6.07) is 13.5. The van der Waals surface area contributed by atoms with E-state index >= 15 is 0 Å². The molecule has 17 heavy (non-hydrogen) atoms. The minimum Gasteiger partial charge on any atom is -0.550 e. The predicted octanol–water partition coefficient (Wildman–Crippen LogP) is -1.64. The Hall–Kier alpha value is -1.03.